The fourth-order valence-electron chi connectivity index (χ4n) is 2.76. The van der Waals surface area contributed by atoms with Gasteiger partial charge in [-0.05, 0) is 49.9 Å². The zero-order chi connectivity index (χ0) is 17.7. The molecule has 24 heavy (non-hydrogen) atoms. The van der Waals surface area contributed by atoms with Crippen molar-refractivity contribution in [1.82, 2.24) is 9.62 Å². The highest BCUT2D eigenvalue weighted by Gasteiger charge is 2.25. The molecule has 0 saturated carbocycles. The predicted octanol–water partition coefficient (Wildman–Crippen LogP) is 1.33. The lowest BCUT2D eigenvalue weighted by Gasteiger charge is -2.31. The van der Waals surface area contributed by atoms with Crippen molar-refractivity contribution in [3.8, 4) is 0 Å². The van der Waals surface area contributed by atoms with Gasteiger partial charge in [-0.1, -0.05) is 6.07 Å². The van der Waals surface area contributed by atoms with Crippen LogP contribution >= 0.6 is 0 Å². The minimum Gasteiger partial charge on any atom is -0.325 e. The quantitative estimate of drug-likeness (QED) is 0.805. The maximum atomic E-state index is 13.4. The molecule has 6 nitrogen and oxygen atoms in total. The number of nitrogens with one attached hydrogen (secondary N) is 2. The molecule has 1 atom stereocenters. The number of amides is 1. The van der Waals surface area contributed by atoms with Gasteiger partial charge in [-0.3, -0.25) is 4.79 Å². The molecular formula is C16H24FN3O3S. The maximum Gasteiger partial charge on any atom is 0.238 e. The molecule has 1 aliphatic heterocycles. The van der Waals surface area contributed by atoms with Crippen LogP contribution in [0.5, 0.6) is 0 Å². The average molecular weight is 357 g/mol. The molecule has 0 bridgehead atoms. The molecule has 1 heterocycles. The van der Waals surface area contributed by atoms with E-state index in [0.717, 1.165) is 12.8 Å². The summed E-state index contributed by atoms with van der Waals surface area (Å²) in [6.45, 7) is 3.38. The van der Waals surface area contributed by atoms with E-state index < -0.39 is 10.0 Å². The summed E-state index contributed by atoms with van der Waals surface area (Å²) >= 11 is 0. The van der Waals surface area contributed by atoms with E-state index in [9.17, 15) is 17.6 Å². The Labute approximate surface area is 142 Å². The SMILES string of the molecule is Cc1ccc(NC(=O)CNC[C@H]2CCCN(S(C)(=O)=O)C2)cc1F. The first-order valence-corrected chi connectivity index (χ1v) is 9.82. The Bertz CT molecular complexity index is 694. The van der Waals surface area contributed by atoms with E-state index in [2.05, 4.69) is 10.6 Å². The van der Waals surface area contributed by atoms with Crippen molar-refractivity contribution in [2.45, 2.75) is 19.8 Å². The first-order chi connectivity index (χ1) is 11.3. The zero-order valence-electron chi connectivity index (χ0n) is 14.0. The van der Waals surface area contributed by atoms with Crippen LogP contribution in [0.25, 0.3) is 0 Å². The van der Waals surface area contributed by atoms with E-state index >= 15 is 0 Å². The highest BCUT2D eigenvalue weighted by Crippen LogP contribution is 2.18. The number of halogens is 1. The lowest BCUT2D eigenvalue weighted by Crippen LogP contribution is -2.43. The Hall–Kier alpha value is -1.51. The van der Waals surface area contributed by atoms with Crippen LogP contribution in [0.3, 0.4) is 0 Å². The first-order valence-electron chi connectivity index (χ1n) is 7.97. The topological polar surface area (TPSA) is 78.5 Å². The fraction of sp³-hybridized carbons (Fsp3) is 0.562. The number of hydrogen-bond acceptors (Lipinski definition) is 4. The molecule has 2 rings (SSSR count). The van der Waals surface area contributed by atoms with Crippen molar-refractivity contribution in [2.75, 3.05) is 37.8 Å². The normalized spacial score (nSPS) is 19.2. The molecule has 1 amide bonds. The maximum absolute atomic E-state index is 13.4. The molecule has 8 heteroatoms. The van der Waals surface area contributed by atoms with Gasteiger partial charge in [0.2, 0.25) is 15.9 Å². The van der Waals surface area contributed by atoms with Crippen molar-refractivity contribution >= 4 is 21.6 Å². The lowest BCUT2D eigenvalue weighted by atomic mass is 10.00. The minimum atomic E-state index is -3.16. The highest BCUT2D eigenvalue weighted by atomic mass is 32.2. The van der Waals surface area contributed by atoms with Gasteiger partial charge in [0.15, 0.2) is 0 Å². The molecule has 1 fully saturated rings. The number of nitrogens with zero attached hydrogens (tertiary/aromatic N) is 1. The number of piperidine rings is 1. The van der Waals surface area contributed by atoms with Crippen molar-refractivity contribution in [2.24, 2.45) is 5.92 Å². The van der Waals surface area contributed by atoms with Crippen molar-refractivity contribution in [1.29, 1.82) is 0 Å². The van der Waals surface area contributed by atoms with Crippen molar-refractivity contribution in [3.63, 3.8) is 0 Å². The van der Waals surface area contributed by atoms with E-state index in [1.165, 1.54) is 16.6 Å². The third kappa shape index (κ3) is 5.54. The van der Waals surface area contributed by atoms with Crippen molar-refractivity contribution in [3.05, 3.63) is 29.6 Å². The van der Waals surface area contributed by atoms with Gasteiger partial charge in [0, 0.05) is 18.8 Å². The number of anilines is 1. The molecule has 1 saturated heterocycles. The second kappa shape index (κ2) is 8.04. The Morgan fingerprint density at radius 3 is 2.83 bits per heavy atom. The van der Waals surface area contributed by atoms with Crippen molar-refractivity contribution < 1.29 is 17.6 Å². The molecule has 0 radical (unpaired) electrons. The number of benzene rings is 1. The van der Waals surface area contributed by atoms with E-state index in [1.54, 1.807) is 19.1 Å². The van der Waals surface area contributed by atoms with Crippen LogP contribution in [0.15, 0.2) is 18.2 Å². The number of sulfonamides is 1. The van der Waals surface area contributed by atoms with Gasteiger partial charge in [-0.15, -0.1) is 0 Å². The predicted molar refractivity (Wildman–Crippen MR) is 91.8 cm³/mol. The Morgan fingerprint density at radius 1 is 1.42 bits per heavy atom. The number of hydrogen-bond donors (Lipinski definition) is 2. The van der Waals surface area contributed by atoms with Gasteiger partial charge in [-0.25, -0.2) is 17.1 Å². The monoisotopic (exact) mass is 357 g/mol. The fourth-order valence-corrected chi connectivity index (χ4v) is 3.70. The molecule has 1 aromatic carbocycles. The second-order valence-corrected chi connectivity index (χ2v) is 8.25. The number of carbonyl (C=O) groups excluding carboxylic acids is 1. The zero-order valence-corrected chi connectivity index (χ0v) is 14.8. The standard InChI is InChI=1S/C16H24FN3O3S/c1-12-5-6-14(8-15(12)17)19-16(21)10-18-9-13-4-3-7-20(11-13)24(2,22)23/h5-6,8,13,18H,3-4,7,9-11H2,1-2H3,(H,19,21)/t13-/m1/s1. The summed E-state index contributed by atoms with van der Waals surface area (Å²) in [4.78, 5) is 11.9. The van der Waals surface area contributed by atoms with Gasteiger partial charge >= 0.3 is 0 Å². The summed E-state index contributed by atoms with van der Waals surface area (Å²) < 4.78 is 38.1. The molecule has 2 N–H and O–H groups in total. The van der Waals surface area contributed by atoms with Crippen LogP contribution < -0.4 is 10.6 Å². The second-order valence-electron chi connectivity index (χ2n) is 6.27. The molecule has 1 aliphatic rings. The molecule has 1 aromatic rings. The Kier molecular flexibility index (Phi) is 6.31. The molecule has 0 unspecified atom stereocenters. The van der Waals surface area contributed by atoms with Crippen LogP contribution in [0.1, 0.15) is 18.4 Å². The van der Waals surface area contributed by atoms with Gasteiger partial charge in [0.05, 0.1) is 12.8 Å². The molecule has 0 spiro atoms. The number of aryl methyl sites for hydroxylation is 1. The summed E-state index contributed by atoms with van der Waals surface area (Å²) in [7, 11) is -3.16. The van der Waals surface area contributed by atoms with Gasteiger partial charge in [0.25, 0.3) is 0 Å². The lowest BCUT2D eigenvalue weighted by molar-refractivity contribution is -0.115. The van der Waals surface area contributed by atoms with Crippen LogP contribution in [0.4, 0.5) is 10.1 Å². The van der Waals surface area contributed by atoms with Gasteiger partial charge in [-0.2, -0.15) is 0 Å². The largest absolute Gasteiger partial charge is 0.325 e. The van der Waals surface area contributed by atoms with E-state index in [-0.39, 0.29) is 24.2 Å². The molecule has 0 aromatic heterocycles. The van der Waals surface area contributed by atoms with E-state index in [1.807, 2.05) is 0 Å². The van der Waals surface area contributed by atoms with Crippen LogP contribution in [-0.2, 0) is 14.8 Å². The van der Waals surface area contributed by atoms with Gasteiger partial charge < -0.3 is 10.6 Å². The smallest absolute Gasteiger partial charge is 0.238 e. The molecule has 134 valence electrons. The summed E-state index contributed by atoms with van der Waals surface area (Å²) in [5.74, 6) is -0.420. The minimum absolute atomic E-state index is 0.102. The highest BCUT2D eigenvalue weighted by molar-refractivity contribution is 7.88. The third-order valence-corrected chi connectivity index (χ3v) is 5.39. The number of carbonyl (C=O) groups is 1. The van der Waals surface area contributed by atoms with Crippen LogP contribution in [0, 0.1) is 18.7 Å². The first kappa shape index (κ1) is 18.8. The summed E-state index contributed by atoms with van der Waals surface area (Å²) in [6, 6.07) is 4.56. The van der Waals surface area contributed by atoms with Crippen LogP contribution in [-0.4, -0.2) is 51.1 Å². The summed E-state index contributed by atoms with van der Waals surface area (Å²) in [6.07, 6.45) is 2.98. The third-order valence-electron chi connectivity index (χ3n) is 4.12. The van der Waals surface area contributed by atoms with E-state index in [0.29, 0.717) is 30.9 Å². The number of rotatable bonds is 6. The summed E-state index contributed by atoms with van der Waals surface area (Å²) in [5.41, 5.74) is 0.949. The molecule has 0 aliphatic carbocycles. The van der Waals surface area contributed by atoms with E-state index in [4.69, 9.17) is 0 Å². The summed E-state index contributed by atoms with van der Waals surface area (Å²) in [5, 5.41) is 5.68. The molecular weight excluding hydrogens is 333 g/mol. The Morgan fingerprint density at radius 2 is 2.17 bits per heavy atom. The van der Waals surface area contributed by atoms with Crippen LogP contribution in [0.2, 0.25) is 0 Å². The average Bonchev–Trinajstić information content (AvgIpc) is 2.50. The van der Waals surface area contributed by atoms with Gasteiger partial charge in [0.1, 0.15) is 5.82 Å². The Balaban J connectivity index is 1.75.